The Balaban J connectivity index is 1.91. The van der Waals surface area contributed by atoms with Crippen LogP contribution < -0.4 is 10.2 Å². The van der Waals surface area contributed by atoms with Crippen molar-refractivity contribution in [1.29, 1.82) is 0 Å². The van der Waals surface area contributed by atoms with Crippen LogP contribution in [0.1, 0.15) is 38.5 Å². The zero-order chi connectivity index (χ0) is 13.7. The third-order valence-electron chi connectivity index (χ3n) is 4.53. The number of nitrogens with zero attached hydrogens (tertiary/aromatic N) is 1. The smallest absolute Gasteiger partial charge is 0.123 e. The second-order valence-electron chi connectivity index (χ2n) is 5.74. The molecule has 1 aromatic carbocycles. The van der Waals surface area contributed by atoms with E-state index in [2.05, 4.69) is 24.3 Å². The number of benzene rings is 1. The molecular formula is C16H25FN2. The van der Waals surface area contributed by atoms with Crippen LogP contribution in [0, 0.1) is 5.82 Å². The first kappa shape index (κ1) is 14.3. The monoisotopic (exact) mass is 264 g/mol. The van der Waals surface area contributed by atoms with E-state index >= 15 is 0 Å². The van der Waals surface area contributed by atoms with Crippen molar-refractivity contribution in [2.45, 2.75) is 44.1 Å². The van der Waals surface area contributed by atoms with E-state index in [1.54, 1.807) is 0 Å². The summed E-state index contributed by atoms with van der Waals surface area (Å²) in [5.41, 5.74) is 1.40. The summed E-state index contributed by atoms with van der Waals surface area (Å²) in [5, 5.41) is 3.55. The van der Waals surface area contributed by atoms with Crippen LogP contribution in [-0.4, -0.2) is 26.2 Å². The first-order valence-electron chi connectivity index (χ1n) is 7.31. The Hall–Kier alpha value is -1.09. The molecule has 1 aromatic rings. The standard InChI is InChI=1S/C16H25FN2/c1-18-16(10-4-3-5-11-16)12-13-19(2)15-8-6-14(17)7-9-15/h6-9,18H,3-5,10-13H2,1-2H3. The van der Waals surface area contributed by atoms with Crippen molar-refractivity contribution in [3.05, 3.63) is 30.1 Å². The third-order valence-corrected chi connectivity index (χ3v) is 4.53. The second-order valence-corrected chi connectivity index (χ2v) is 5.74. The molecule has 0 heterocycles. The molecule has 3 heteroatoms. The minimum Gasteiger partial charge on any atom is -0.375 e. The lowest BCUT2D eigenvalue weighted by molar-refractivity contribution is 0.233. The molecule has 0 aliphatic heterocycles. The maximum Gasteiger partial charge on any atom is 0.123 e. The van der Waals surface area contributed by atoms with Crippen molar-refractivity contribution in [3.8, 4) is 0 Å². The fourth-order valence-electron chi connectivity index (χ4n) is 3.06. The van der Waals surface area contributed by atoms with Crippen LogP contribution in [0.3, 0.4) is 0 Å². The molecule has 1 fully saturated rings. The molecule has 0 bridgehead atoms. The molecule has 1 saturated carbocycles. The van der Waals surface area contributed by atoms with Gasteiger partial charge in [-0.3, -0.25) is 0 Å². The second kappa shape index (κ2) is 6.38. The van der Waals surface area contributed by atoms with Crippen LogP contribution in [-0.2, 0) is 0 Å². The van der Waals surface area contributed by atoms with Crippen LogP contribution in [0.25, 0.3) is 0 Å². The van der Waals surface area contributed by atoms with Crippen LogP contribution >= 0.6 is 0 Å². The summed E-state index contributed by atoms with van der Waals surface area (Å²) in [4.78, 5) is 2.22. The highest BCUT2D eigenvalue weighted by molar-refractivity contribution is 5.45. The number of rotatable bonds is 5. The minimum absolute atomic E-state index is 0.170. The zero-order valence-electron chi connectivity index (χ0n) is 12.1. The Kier molecular flexibility index (Phi) is 4.81. The van der Waals surface area contributed by atoms with Crippen molar-refractivity contribution < 1.29 is 4.39 Å². The molecule has 0 spiro atoms. The summed E-state index contributed by atoms with van der Waals surface area (Å²) >= 11 is 0. The molecule has 2 nitrogen and oxygen atoms in total. The lowest BCUT2D eigenvalue weighted by atomic mass is 9.79. The topological polar surface area (TPSA) is 15.3 Å². The molecule has 0 radical (unpaired) electrons. The van der Waals surface area contributed by atoms with Gasteiger partial charge in [-0.1, -0.05) is 19.3 Å². The lowest BCUT2D eigenvalue weighted by Gasteiger charge is -2.38. The van der Waals surface area contributed by atoms with Crippen LogP contribution in [0.4, 0.5) is 10.1 Å². The maximum atomic E-state index is 12.9. The SMILES string of the molecule is CNC1(CCN(C)c2ccc(F)cc2)CCCCC1. The summed E-state index contributed by atoms with van der Waals surface area (Å²) < 4.78 is 12.9. The van der Waals surface area contributed by atoms with Crippen LogP contribution in [0.5, 0.6) is 0 Å². The summed E-state index contributed by atoms with van der Waals surface area (Å²) in [6.07, 6.45) is 7.75. The van der Waals surface area contributed by atoms with Crippen molar-refractivity contribution in [2.24, 2.45) is 0 Å². The van der Waals surface area contributed by atoms with Crippen molar-refractivity contribution in [3.63, 3.8) is 0 Å². The predicted molar refractivity (Wildman–Crippen MR) is 79.2 cm³/mol. The van der Waals surface area contributed by atoms with Gasteiger partial charge in [-0.2, -0.15) is 0 Å². The van der Waals surface area contributed by atoms with Gasteiger partial charge in [0.1, 0.15) is 5.82 Å². The number of anilines is 1. The number of nitrogens with one attached hydrogen (secondary N) is 1. The number of hydrogen-bond donors (Lipinski definition) is 1. The number of halogens is 1. The Morgan fingerprint density at radius 1 is 1.16 bits per heavy atom. The summed E-state index contributed by atoms with van der Waals surface area (Å²) in [5.74, 6) is -0.170. The van der Waals surface area contributed by atoms with Gasteiger partial charge in [0.2, 0.25) is 0 Å². The number of hydrogen-bond acceptors (Lipinski definition) is 2. The van der Waals surface area contributed by atoms with Gasteiger partial charge in [-0.25, -0.2) is 4.39 Å². The molecule has 1 aliphatic rings. The van der Waals surface area contributed by atoms with Gasteiger partial charge in [0.25, 0.3) is 0 Å². The normalized spacial score (nSPS) is 18.3. The summed E-state index contributed by atoms with van der Waals surface area (Å²) in [6.45, 7) is 1.01. The summed E-state index contributed by atoms with van der Waals surface area (Å²) in [6, 6.07) is 6.76. The van der Waals surface area contributed by atoms with Crippen molar-refractivity contribution >= 4 is 5.69 Å². The van der Waals surface area contributed by atoms with E-state index < -0.39 is 0 Å². The van der Waals surface area contributed by atoms with Gasteiger partial charge in [0.15, 0.2) is 0 Å². The van der Waals surface area contributed by atoms with E-state index in [9.17, 15) is 4.39 Å². The van der Waals surface area contributed by atoms with E-state index in [1.807, 2.05) is 12.1 Å². The molecular weight excluding hydrogens is 239 g/mol. The molecule has 0 aromatic heterocycles. The molecule has 0 atom stereocenters. The minimum atomic E-state index is -0.170. The Morgan fingerprint density at radius 2 is 1.79 bits per heavy atom. The molecule has 1 N–H and O–H groups in total. The van der Waals surface area contributed by atoms with Gasteiger partial charge in [0, 0.05) is 24.8 Å². The van der Waals surface area contributed by atoms with Gasteiger partial charge in [0.05, 0.1) is 0 Å². The predicted octanol–water partition coefficient (Wildman–Crippen LogP) is 3.57. The molecule has 0 unspecified atom stereocenters. The molecule has 106 valence electrons. The third kappa shape index (κ3) is 3.69. The average molecular weight is 264 g/mol. The fourth-order valence-corrected chi connectivity index (χ4v) is 3.06. The quantitative estimate of drug-likeness (QED) is 0.874. The van der Waals surface area contributed by atoms with Crippen LogP contribution in [0.15, 0.2) is 24.3 Å². The molecule has 0 saturated heterocycles. The van der Waals surface area contributed by atoms with E-state index in [1.165, 1.54) is 44.2 Å². The fraction of sp³-hybridized carbons (Fsp3) is 0.625. The van der Waals surface area contributed by atoms with Gasteiger partial charge < -0.3 is 10.2 Å². The lowest BCUT2D eigenvalue weighted by Crippen LogP contribution is -2.46. The highest BCUT2D eigenvalue weighted by Crippen LogP contribution is 2.31. The van der Waals surface area contributed by atoms with Gasteiger partial charge in [-0.15, -0.1) is 0 Å². The highest BCUT2D eigenvalue weighted by atomic mass is 19.1. The van der Waals surface area contributed by atoms with E-state index in [4.69, 9.17) is 0 Å². The Bertz CT molecular complexity index is 382. The molecule has 2 rings (SSSR count). The first-order valence-corrected chi connectivity index (χ1v) is 7.31. The largest absolute Gasteiger partial charge is 0.375 e. The molecule has 1 aliphatic carbocycles. The van der Waals surface area contributed by atoms with Gasteiger partial charge >= 0.3 is 0 Å². The average Bonchev–Trinajstić information content (AvgIpc) is 2.46. The van der Waals surface area contributed by atoms with E-state index in [0.29, 0.717) is 5.54 Å². The Morgan fingerprint density at radius 3 is 2.37 bits per heavy atom. The summed E-state index contributed by atoms with van der Waals surface area (Å²) in [7, 11) is 4.17. The van der Waals surface area contributed by atoms with Gasteiger partial charge in [-0.05, 0) is 50.6 Å². The van der Waals surface area contributed by atoms with Crippen molar-refractivity contribution in [1.82, 2.24) is 5.32 Å². The highest BCUT2D eigenvalue weighted by Gasteiger charge is 2.29. The molecule has 0 amide bonds. The molecule has 19 heavy (non-hydrogen) atoms. The van der Waals surface area contributed by atoms with Crippen molar-refractivity contribution in [2.75, 3.05) is 25.5 Å². The van der Waals surface area contributed by atoms with Crippen LogP contribution in [0.2, 0.25) is 0 Å². The van der Waals surface area contributed by atoms with E-state index in [0.717, 1.165) is 18.7 Å². The maximum absolute atomic E-state index is 12.9. The first-order chi connectivity index (χ1) is 9.15. The Labute approximate surface area is 116 Å². The van der Waals surface area contributed by atoms with E-state index in [-0.39, 0.29) is 5.82 Å². The zero-order valence-corrected chi connectivity index (χ0v) is 12.1.